The number of hydrogen-bond donors (Lipinski definition) is 1. The molecule has 1 radical (unpaired) electrons. The van der Waals surface area contributed by atoms with Crippen LogP contribution in [0.2, 0.25) is 0 Å². The summed E-state index contributed by atoms with van der Waals surface area (Å²) in [4.78, 5) is 22.4. The first kappa shape index (κ1) is 16.2. The molecule has 0 spiro atoms. The maximum absolute atomic E-state index is 11.2. The Morgan fingerprint density at radius 3 is 2.70 bits per heavy atom. The second-order valence-corrected chi connectivity index (χ2v) is 4.44. The van der Waals surface area contributed by atoms with Crippen molar-refractivity contribution in [2.24, 2.45) is 11.7 Å². The molecule has 0 bridgehead atoms. The number of primary amides is 1. The fourth-order valence-electron chi connectivity index (χ4n) is 1.72. The molecule has 1 rings (SSSR count). The summed E-state index contributed by atoms with van der Waals surface area (Å²) in [7, 11) is 1.28. The number of ether oxygens (including phenoxy) is 2. The van der Waals surface area contributed by atoms with Gasteiger partial charge in [0.25, 0.3) is 0 Å². The highest BCUT2D eigenvalue weighted by Gasteiger charge is 2.22. The van der Waals surface area contributed by atoms with Crippen LogP contribution in [0.1, 0.15) is 36.1 Å². The quantitative estimate of drug-likeness (QED) is 0.732. The first-order valence-corrected chi connectivity index (χ1v) is 6.36. The monoisotopic (exact) mass is 282 g/mol. The van der Waals surface area contributed by atoms with E-state index in [0.29, 0.717) is 18.6 Å². The lowest BCUT2D eigenvalue weighted by Crippen LogP contribution is -2.33. The summed E-state index contributed by atoms with van der Waals surface area (Å²) in [5, 5.41) is 0. The van der Waals surface area contributed by atoms with Gasteiger partial charge in [0, 0.05) is 0 Å². The van der Waals surface area contributed by atoms with Crippen LogP contribution in [-0.2, 0) is 20.9 Å². The molecular formula is C14H20NO5. The van der Waals surface area contributed by atoms with E-state index in [0.717, 1.165) is 0 Å². The molecule has 1 aromatic rings. The van der Waals surface area contributed by atoms with E-state index in [-0.39, 0.29) is 18.5 Å². The third kappa shape index (κ3) is 4.38. The van der Waals surface area contributed by atoms with Gasteiger partial charge >= 0.3 is 5.97 Å². The SMILES string of the molecule is [CH2]CCC(OCc1ccc(C(=O)OC)o1)C(C)C(N)=O. The zero-order valence-electron chi connectivity index (χ0n) is 11.8. The van der Waals surface area contributed by atoms with E-state index in [1.54, 1.807) is 13.0 Å². The molecule has 0 aromatic carbocycles. The minimum absolute atomic E-state index is 0.114. The number of methoxy groups -OCH3 is 1. The summed E-state index contributed by atoms with van der Waals surface area (Å²) in [6, 6.07) is 3.14. The Morgan fingerprint density at radius 2 is 2.15 bits per heavy atom. The van der Waals surface area contributed by atoms with Crippen LogP contribution < -0.4 is 5.73 Å². The van der Waals surface area contributed by atoms with E-state index in [9.17, 15) is 9.59 Å². The smallest absolute Gasteiger partial charge is 0.373 e. The van der Waals surface area contributed by atoms with E-state index < -0.39 is 17.8 Å². The largest absolute Gasteiger partial charge is 0.463 e. The third-order valence-corrected chi connectivity index (χ3v) is 2.98. The first-order valence-electron chi connectivity index (χ1n) is 6.36. The van der Waals surface area contributed by atoms with Crippen molar-refractivity contribution in [3.05, 3.63) is 30.6 Å². The second kappa shape index (κ2) is 7.69. The molecule has 2 atom stereocenters. The van der Waals surface area contributed by atoms with Crippen LogP contribution >= 0.6 is 0 Å². The minimum atomic E-state index is -0.545. The number of amides is 1. The van der Waals surface area contributed by atoms with Gasteiger partial charge in [0.1, 0.15) is 12.4 Å². The molecule has 1 aromatic heterocycles. The van der Waals surface area contributed by atoms with Crippen LogP contribution in [0.15, 0.2) is 16.5 Å². The molecule has 0 fully saturated rings. The van der Waals surface area contributed by atoms with Gasteiger partial charge in [-0.15, -0.1) is 0 Å². The predicted molar refractivity (Wildman–Crippen MR) is 71.6 cm³/mol. The summed E-state index contributed by atoms with van der Waals surface area (Å²) >= 11 is 0. The Hall–Kier alpha value is -1.82. The fraction of sp³-hybridized carbons (Fsp3) is 0.500. The summed E-state index contributed by atoms with van der Waals surface area (Å²) < 4.78 is 15.4. The molecule has 2 unspecified atom stereocenters. The molecule has 1 heterocycles. The molecule has 0 saturated heterocycles. The zero-order chi connectivity index (χ0) is 15.1. The van der Waals surface area contributed by atoms with Gasteiger partial charge in [-0.25, -0.2) is 4.79 Å². The lowest BCUT2D eigenvalue weighted by atomic mass is 10.00. The zero-order valence-corrected chi connectivity index (χ0v) is 11.8. The molecule has 1 amide bonds. The van der Waals surface area contributed by atoms with Crippen LogP contribution in [0, 0.1) is 12.8 Å². The summed E-state index contributed by atoms with van der Waals surface area (Å²) in [5.74, 6) is -0.778. The summed E-state index contributed by atoms with van der Waals surface area (Å²) in [6.07, 6.45) is 0.930. The molecule has 6 heteroatoms. The Bertz CT molecular complexity index is 454. The minimum Gasteiger partial charge on any atom is -0.463 e. The molecule has 111 valence electrons. The van der Waals surface area contributed by atoms with Gasteiger partial charge in [-0.3, -0.25) is 4.79 Å². The number of rotatable bonds is 8. The molecule has 0 aliphatic rings. The summed E-state index contributed by atoms with van der Waals surface area (Å²) in [6.45, 7) is 5.61. The van der Waals surface area contributed by atoms with E-state index >= 15 is 0 Å². The number of esters is 1. The van der Waals surface area contributed by atoms with E-state index in [1.165, 1.54) is 13.2 Å². The Balaban J connectivity index is 2.61. The number of furan rings is 1. The van der Waals surface area contributed by atoms with Crippen molar-refractivity contribution in [3.63, 3.8) is 0 Å². The highest BCUT2D eigenvalue weighted by molar-refractivity contribution is 5.86. The van der Waals surface area contributed by atoms with Crippen molar-refractivity contribution < 1.29 is 23.5 Å². The predicted octanol–water partition coefficient (Wildman–Crippen LogP) is 1.69. The van der Waals surface area contributed by atoms with Crippen molar-refractivity contribution in [1.29, 1.82) is 0 Å². The van der Waals surface area contributed by atoms with Crippen molar-refractivity contribution in [2.75, 3.05) is 7.11 Å². The first-order chi connectivity index (χ1) is 9.49. The molecular weight excluding hydrogens is 262 g/mol. The van der Waals surface area contributed by atoms with Crippen molar-refractivity contribution in [3.8, 4) is 0 Å². The topological polar surface area (TPSA) is 91.8 Å². The number of carbonyl (C=O) groups is 2. The Labute approximate surface area is 118 Å². The second-order valence-electron chi connectivity index (χ2n) is 4.44. The average Bonchev–Trinajstić information content (AvgIpc) is 2.90. The van der Waals surface area contributed by atoms with Gasteiger partial charge in [0.05, 0.1) is 19.1 Å². The van der Waals surface area contributed by atoms with Crippen LogP contribution in [0.5, 0.6) is 0 Å². The van der Waals surface area contributed by atoms with Gasteiger partial charge in [-0.05, 0) is 18.6 Å². The van der Waals surface area contributed by atoms with Gasteiger partial charge in [0.2, 0.25) is 11.7 Å². The van der Waals surface area contributed by atoms with Crippen LogP contribution in [-0.4, -0.2) is 25.1 Å². The normalized spacial score (nSPS) is 13.8. The Kier molecular flexibility index (Phi) is 6.24. The Morgan fingerprint density at radius 1 is 1.45 bits per heavy atom. The fourth-order valence-corrected chi connectivity index (χ4v) is 1.72. The molecule has 0 saturated carbocycles. The number of nitrogens with two attached hydrogens (primary N) is 1. The highest BCUT2D eigenvalue weighted by atomic mass is 16.5. The average molecular weight is 282 g/mol. The van der Waals surface area contributed by atoms with Gasteiger partial charge in [-0.2, -0.15) is 0 Å². The van der Waals surface area contributed by atoms with E-state index in [1.807, 2.05) is 0 Å². The lowest BCUT2D eigenvalue weighted by Gasteiger charge is -2.21. The molecule has 0 aliphatic carbocycles. The van der Waals surface area contributed by atoms with Crippen molar-refractivity contribution in [1.82, 2.24) is 0 Å². The lowest BCUT2D eigenvalue weighted by molar-refractivity contribution is -0.127. The highest BCUT2D eigenvalue weighted by Crippen LogP contribution is 2.17. The van der Waals surface area contributed by atoms with Crippen LogP contribution in [0.3, 0.4) is 0 Å². The molecule has 20 heavy (non-hydrogen) atoms. The standard InChI is InChI=1S/C14H20NO5/c1-4-5-11(9(2)13(15)16)19-8-10-6-7-12(20-10)14(17)18-3/h6-7,9,11H,1,4-5,8H2,2-3H3,(H2,15,16). The van der Waals surface area contributed by atoms with Crippen molar-refractivity contribution in [2.45, 2.75) is 32.5 Å². The van der Waals surface area contributed by atoms with Crippen LogP contribution in [0.25, 0.3) is 0 Å². The number of hydrogen-bond acceptors (Lipinski definition) is 5. The van der Waals surface area contributed by atoms with Crippen LogP contribution in [0.4, 0.5) is 0 Å². The maximum atomic E-state index is 11.2. The number of carbonyl (C=O) groups excluding carboxylic acids is 2. The van der Waals surface area contributed by atoms with E-state index in [4.69, 9.17) is 14.9 Å². The van der Waals surface area contributed by atoms with Gasteiger partial charge in [-0.1, -0.05) is 20.3 Å². The van der Waals surface area contributed by atoms with Gasteiger partial charge in [0.15, 0.2) is 0 Å². The molecule has 6 nitrogen and oxygen atoms in total. The van der Waals surface area contributed by atoms with E-state index in [2.05, 4.69) is 11.7 Å². The van der Waals surface area contributed by atoms with Crippen molar-refractivity contribution >= 4 is 11.9 Å². The molecule has 0 aliphatic heterocycles. The summed E-state index contributed by atoms with van der Waals surface area (Å²) in [5.41, 5.74) is 5.27. The van der Waals surface area contributed by atoms with Gasteiger partial charge < -0.3 is 19.6 Å². The maximum Gasteiger partial charge on any atom is 0.373 e. The molecule has 2 N–H and O–H groups in total. The third-order valence-electron chi connectivity index (χ3n) is 2.98.